The van der Waals surface area contributed by atoms with Crippen LogP contribution in [0.1, 0.15) is 32.4 Å². The van der Waals surface area contributed by atoms with E-state index in [1.54, 1.807) is 4.90 Å². The quantitative estimate of drug-likeness (QED) is 0.864. The highest BCUT2D eigenvalue weighted by Gasteiger charge is 2.26. The van der Waals surface area contributed by atoms with E-state index in [2.05, 4.69) is 6.07 Å². The molecular weight excluding hydrogens is 250 g/mol. The molecule has 3 unspecified atom stereocenters. The molecule has 0 bridgehead atoms. The van der Waals surface area contributed by atoms with Crippen molar-refractivity contribution in [2.24, 2.45) is 17.6 Å². The third-order valence-corrected chi connectivity index (χ3v) is 3.52. The third-order valence-electron chi connectivity index (χ3n) is 3.52. The summed E-state index contributed by atoms with van der Waals surface area (Å²) in [4.78, 5) is 14.2. The van der Waals surface area contributed by atoms with E-state index in [4.69, 9.17) is 11.0 Å². The lowest BCUT2D eigenvalue weighted by Gasteiger charge is -2.28. The van der Waals surface area contributed by atoms with Gasteiger partial charge >= 0.3 is 0 Å². The Morgan fingerprint density at radius 3 is 2.45 bits per heavy atom. The van der Waals surface area contributed by atoms with Crippen LogP contribution in [0.15, 0.2) is 30.3 Å². The summed E-state index contributed by atoms with van der Waals surface area (Å²) in [6.07, 6.45) is 0. The number of carbonyl (C=O) groups excluding carboxylic acids is 1. The van der Waals surface area contributed by atoms with Gasteiger partial charge in [0, 0.05) is 19.1 Å². The summed E-state index contributed by atoms with van der Waals surface area (Å²) in [5.41, 5.74) is 7.14. The standard InChI is InChI=1S/C16H23N3O/c1-4-19(11-12(2)10-17)16(20)13(3)15(18)14-8-6-5-7-9-14/h5-9,12-13,15H,4,11,18H2,1-3H3. The Balaban J connectivity index is 2.77. The molecule has 1 amide bonds. The fourth-order valence-electron chi connectivity index (χ4n) is 2.15. The maximum atomic E-state index is 12.5. The van der Waals surface area contributed by atoms with Crippen molar-refractivity contribution in [3.63, 3.8) is 0 Å². The number of nitriles is 1. The SMILES string of the molecule is CCN(CC(C)C#N)C(=O)C(C)C(N)c1ccccc1. The molecule has 0 aliphatic carbocycles. The third kappa shape index (κ3) is 4.07. The second-order valence-electron chi connectivity index (χ2n) is 5.13. The fraction of sp³-hybridized carbons (Fsp3) is 0.500. The predicted molar refractivity (Wildman–Crippen MR) is 79.6 cm³/mol. The molecule has 0 aliphatic heterocycles. The maximum absolute atomic E-state index is 12.5. The van der Waals surface area contributed by atoms with Crippen LogP contribution >= 0.6 is 0 Å². The zero-order chi connectivity index (χ0) is 15.1. The van der Waals surface area contributed by atoms with E-state index in [0.29, 0.717) is 13.1 Å². The van der Waals surface area contributed by atoms with E-state index in [1.807, 2.05) is 51.1 Å². The normalized spacial score (nSPS) is 14.9. The van der Waals surface area contributed by atoms with Gasteiger partial charge in [0.2, 0.25) is 5.91 Å². The lowest BCUT2D eigenvalue weighted by atomic mass is 9.94. The lowest BCUT2D eigenvalue weighted by Crippen LogP contribution is -2.41. The minimum atomic E-state index is -0.324. The van der Waals surface area contributed by atoms with Gasteiger partial charge in [0.1, 0.15) is 0 Å². The molecule has 0 spiro atoms. The highest BCUT2D eigenvalue weighted by molar-refractivity contribution is 5.79. The number of nitrogens with two attached hydrogens (primary N) is 1. The lowest BCUT2D eigenvalue weighted by molar-refractivity contribution is -0.135. The molecule has 108 valence electrons. The second kappa shape index (κ2) is 7.66. The summed E-state index contributed by atoms with van der Waals surface area (Å²) in [5.74, 6) is -0.465. The van der Waals surface area contributed by atoms with E-state index < -0.39 is 0 Å². The first kappa shape index (κ1) is 16.2. The van der Waals surface area contributed by atoms with Crippen molar-refractivity contribution in [1.29, 1.82) is 5.26 Å². The first-order valence-electron chi connectivity index (χ1n) is 7.00. The Morgan fingerprint density at radius 1 is 1.35 bits per heavy atom. The molecule has 0 heterocycles. The highest BCUT2D eigenvalue weighted by atomic mass is 16.2. The van der Waals surface area contributed by atoms with Gasteiger partial charge in [-0.3, -0.25) is 4.79 Å². The number of nitrogens with zero attached hydrogens (tertiary/aromatic N) is 2. The van der Waals surface area contributed by atoms with Crippen LogP contribution in [0.25, 0.3) is 0 Å². The Hall–Kier alpha value is -1.86. The fourth-order valence-corrected chi connectivity index (χ4v) is 2.15. The molecule has 20 heavy (non-hydrogen) atoms. The molecule has 0 aliphatic rings. The Bertz CT molecular complexity index is 466. The molecule has 1 rings (SSSR count). The Labute approximate surface area is 121 Å². The average Bonchev–Trinajstić information content (AvgIpc) is 2.50. The van der Waals surface area contributed by atoms with E-state index in [-0.39, 0.29) is 23.8 Å². The van der Waals surface area contributed by atoms with Gasteiger partial charge in [-0.1, -0.05) is 37.3 Å². The van der Waals surface area contributed by atoms with Crippen molar-refractivity contribution in [2.45, 2.75) is 26.8 Å². The van der Waals surface area contributed by atoms with E-state index in [9.17, 15) is 4.79 Å². The second-order valence-corrected chi connectivity index (χ2v) is 5.13. The monoisotopic (exact) mass is 273 g/mol. The molecule has 0 fully saturated rings. The van der Waals surface area contributed by atoms with Crippen LogP contribution in [-0.4, -0.2) is 23.9 Å². The van der Waals surface area contributed by atoms with Crippen LogP contribution in [0, 0.1) is 23.2 Å². The number of benzene rings is 1. The molecule has 1 aromatic carbocycles. The first-order valence-corrected chi connectivity index (χ1v) is 7.00. The van der Waals surface area contributed by atoms with Crippen LogP contribution in [0.5, 0.6) is 0 Å². The molecule has 4 nitrogen and oxygen atoms in total. The molecule has 2 N–H and O–H groups in total. The van der Waals surface area contributed by atoms with Gasteiger partial charge < -0.3 is 10.6 Å². The van der Waals surface area contributed by atoms with Gasteiger partial charge in [0.25, 0.3) is 0 Å². The van der Waals surface area contributed by atoms with E-state index >= 15 is 0 Å². The van der Waals surface area contributed by atoms with Gasteiger partial charge in [-0.15, -0.1) is 0 Å². The summed E-state index contributed by atoms with van der Waals surface area (Å²) in [6.45, 7) is 6.63. The van der Waals surface area contributed by atoms with Gasteiger partial charge in [-0.05, 0) is 19.4 Å². The number of amides is 1. The van der Waals surface area contributed by atoms with Crippen molar-refractivity contribution >= 4 is 5.91 Å². The molecular formula is C16H23N3O. The number of carbonyl (C=O) groups is 1. The molecule has 0 saturated carbocycles. The smallest absolute Gasteiger partial charge is 0.227 e. The number of hydrogen-bond donors (Lipinski definition) is 1. The van der Waals surface area contributed by atoms with Crippen LogP contribution in [0.2, 0.25) is 0 Å². The molecule has 0 radical (unpaired) electrons. The number of rotatable bonds is 6. The van der Waals surface area contributed by atoms with Crippen molar-refractivity contribution in [3.8, 4) is 6.07 Å². The van der Waals surface area contributed by atoms with Gasteiger partial charge in [0.15, 0.2) is 0 Å². The van der Waals surface area contributed by atoms with Crippen molar-refractivity contribution < 1.29 is 4.79 Å². The van der Waals surface area contributed by atoms with Gasteiger partial charge in [0.05, 0.1) is 17.9 Å². The molecule has 4 heteroatoms. The summed E-state index contributed by atoms with van der Waals surface area (Å²) in [5, 5.41) is 8.87. The van der Waals surface area contributed by atoms with Crippen LogP contribution in [0.4, 0.5) is 0 Å². The highest BCUT2D eigenvalue weighted by Crippen LogP contribution is 2.21. The van der Waals surface area contributed by atoms with Crippen LogP contribution in [-0.2, 0) is 4.79 Å². The Kier molecular flexibility index (Phi) is 6.20. The summed E-state index contributed by atoms with van der Waals surface area (Å²) < 4.78 is 0. The van der Waals surface area contributed by atoms with Crippen molar-refractivity contribution in [1.82, 2.24) is 4.90 Å². The number of hydrogen-bond acceptors (Lipinski definition) is 3. The molecule has 3 atom stereocenters. The van der Waals surface area contributed by atoms with Crippen LogP contribution in [0.3, 0.4) is 0 Å². The van der Waals surface area contributed by atoms with Crippen LogP contribution < -0.4 is 5.73 Å². The zero-order valence-corrected chi connectivity index (χ0v) is 12.4. The van der Waals surface area contributed by atoms with Gasteiger partial charge in [-0.2, -0.15) is 5.26 Å². The summed E-state index contributed by atoms with van der Waals surface area (Å²) >= 11 is 0. The topological polar surface area (TPSA) is 70.1 Å². The zero-order valence-electron chi connectivity index (χ0n) is 12.4. The predicted octanol–water partition coefficient (Wildman–Crippen LogP) is 2.33. The van der Waals surface area contributed by atoms with E-state index in [0.717, 1.165) is 5.56 Å². The Morgan fingerprint density at radius 2 is 1.95 bits per heavy atom. The average molecular weight is 273 g/mol. The molecule has 0 saturated heterocycles. The molecule has 1 aromatic rings. The summed E-state index contributed by atoms with van der Waals surface area (Å²) in [7, 11) is 0. The maximum Gasteiger partial charge on any atom is 0.227 e. The minimum Gasteiger partial charge on any atom is -0.341 e. The van der Waals surface area contributed by atoms with E-state index in [1.165, 1.54) is 0 Å². The van der Waals surface area contributed by atoms with Crippen molar-refractivity contribution in [2.75, 3.05) is 13.1 Å². The largest absolute Gasteiger partial charge is 0.341 e. The van der Waals surface area contributed by atoms with Crippen molar-refractivity contribution in [3.05, 3.63) is 35.9 Å². The van der Waals surface area contributed by atoms with Gasteiger partial charge in [-0.25, -0.2) is 0 Å². The minimum absolute atomic E-state index is 0.00551. The first-order chi connectivity index (χ1) is 9.51. The molecule has 0 aromatic heterocycles. The summed E-state index contributed by atoms with van der Waals surface area (Å²) in [6, 6.07) is 11.5.